The van der Waals surface area contributed by atoms with Crippen LogP contribution in [0.25, 0.3) is 0 Å². The van der Waals surface area contributed by atoms with Gasteiger partial charge in [-0.2, -0.15) is 0 Å². The van der Waals surface area contributed by atoms with E-state index in [4.69, 9.17) is 9.84 Å². The summed E-state index contributed by atoms with van der Waals surface area (Å²) in [6, 6.07) is 10.8. The maximum Gasteiger partial charge on any atom is 0.0476 e. The SMILES string of the molecule is COCCC(C)N[C@H](CCO)c1ccccc1. The third-order valence-corrected chi connectivity index (χ3v) is 2.86. The van der Waals surface area contributed by atoms with Crippen LogP contribution in [0.3, 0.4) is 0 Å². The quantitative estimate of drug-likeness (QED) is 0.727. The second-order valence-electron chi connectivity index (χ2n) is 4.32. The highest BCUT2D eigenvalue weighted by Crippen LogP contribution is 2.17. The van der Waals surface area contributed by atoms with Crippen molar-refractivity contribution in [2.75, 3.05) is 20.3 Å². The van der Waals surface area contributed by atoms with Crippen molar-refractivity contribution in [2.45, 2.75) is 31.8 Å². The van der Waals surface area contributed by atoms with E-state index in [-0.39, 0.29) is 12.6 Å². The molecule has 0 bridgehead atoms. The first-order valence-electron chi connectivity index (χ1n) is 6.18. The van der Waals surface area contributed by atoms with Crippen LogP contribution in [-0.2, 0) is 4.74 Å². The second kappa shape index (κ2) is 8.23. The molecular weight excluding hydrogens is 214 g/mol. The predicted molar refractivity (Wildman–Crippen MR) is 70.0 cm³/mol. The van der Waals surface area contributed by atoms with Gasteiger partial charge in [-0.15, -0.1) is 0 Å². The molecule has 2 atom stereocenters. The summed E-state index contributed by atoms with van der Waals surface area (Å²) >= 11 is 0. The van der Waals surface area contributed by atoms with Crippen LogP contribution in [0.1, 0.15) is 31.4 Å². The van der Waals surface area contributed by atoms with Crippen molar-refractivity contribution in [1.29, 1.82) is 0 Å². The number of ether oxygens (including phenoxy) is 1. The number of methoxy groups -OCH3 is 1. The minimum Gasteiger partial charge on any atom is -0.396 e. The Morgan fingerprint density at radius 1 is 1.24 bits per heavy atom. The molecule has 17 heavy (non-hydrogen) atoms. The van der Waals surface area contributed by atoms with Gasteiger partial charge in [-0.3, -0.25) is 0 Å². The number of hydrogen-bond acceptors (Lipinski definition) is 3. The van der Waals surface area contributed by atoms with Gasteiger partial charge in [-0.05, 0) is 25.3 Å². The molecule has 96 valence electrons. The third-order valence-electron chi connectivity index (χ3n) is 2.86. The molecule has 0 fully saturated rings. The fraction of sp³-hybridized carbons (Fsp3) is 0.571. The minimum atomic E-state index is 0.198. The van der Waals surface area contributed by atoms with E-state index in [0.717, 1.165) is 19.4 Å². The smallest absolute Gasteiger partial charge is 0.0476 e. The molecule has 1 aromatic rings. The van der Waals surface area contributed by atoms with Gasteiger partial charge in [0.2, 0.25) is 0 Å². The second-order valence-corrected chi connectivity index (χ2v) is 4.32. The van der Waals surface area contributed by atoms with E-state index in [1.54, 1.807) is 7.11 Å². The van der Waals surface area contributed by atoms with Gasteiger partial charge in [-0.25, -0.2) is 0 Å². The Hall–Kier alpha value is -0.900. The van der Waals surface area contributed by atoms with E-state index in [1.165, 1.54) is 5.56 Å². The summed E-state index contributed by atoms with van der Waals surface area (Å²) in [4.78, 5) is 0. The van der Waals surface area contributed by atoms with Crippen LogP contribution in [-0.4, -0.2) is 31.5 Å². The summed E-state index contributed by atoms with van der Waals surface area (Å²) in [5, 5.41) is 12.7. The van der Waals surface area contributed by atoms with E-state index in [0.29, 0.717) is 6.04 Å². The highest BCUT2D eigenvalue weighted by molar-refractivity contribution is 5.18. The molecule has 1 unspecified atom stereocenters. The number of rotatable bonds is 8. The van der Waals surface area contributed by atoms with E-state index in [2.05, 4.69) is 24.4 Å². The maximum atomic E-state index is 9.12. The highest BCUT2D eigenvalue weighted by atomic mass is 16.5. The van der Waals surface area contributed by atoms with E-state index < -0.39 is 0 Å². The number of benzene rings is 1. The van der Waals surface area contributed by atoms with Gasteiger partial charge < -0.3 is 15.2 Å². The van der Waals surface area contributed by atoms with Gasteiger partial charge in [0.25, 0.3) is 0 Å². The van der Waals surface area contributed by atoms with Crippen molar-refractivity contribution in [3.05, 3.63) is 35.9 Å². The van der Waals surface area contributed by atoms with Gasteiger partial charge in [0, 0.05) is 32.4 Å². The fourth-order valence-corrected chi connectivity index (χ4v) is 1.88. The normalized spacial score (nSPS) is 14.5. The van der Waals surface area contributed by atoms with Crippen LogP contribution < -0.4 is 5.32 Å². The first-order valence-corrected chi connectivity index (χ1v) is 6.18. The molecule has 0 aromatic heterocycles. The lowest BCUT2D eigenvalue weighted by atomic mass is 10.0. The number of hydrogen-bond donors (Lipinski definition) is 2. The average Bonchev–Trinajstić information content (AvgIpc) is 2.37. The molecule has 0 saturated heterocycles. The molecule has 3 heteroatoms. The van der Waals surface area contributed by atoms with Crippen LogP contribution in [0, 0.1) is 0 Å². The Morgan fingerprint density at radius 3 is 2.53 bits per heavy atom. The van der Waals surface area contributed by atoms with Gasteiger partial charge in [0.1, 0.15) is 0 Å². The molecule has 0 spiro atoms. The average molecular weight is 237 g/mol. The molecule has 3 nitrogen and oxygen atoms in total. The summed E-state index contributed by atoms with van der Waals surface area (Å²) in [7, 11) is 1.72. The zero-order valence-electron chi connectivity index (χ0n) is 10.7. The molecule has 0 aliphatic rings. The fourth-order valence-electron chi connectivity index (χ4n) is 1.88. The van der Waals surface area contributed by atoms with E-state index in [1.807, 2.05) is 18.2 Å². The molecule has 0 saturated carbocycles. The lowest BCUT2D eigenvalue weighted by molar-refractivity contribution is 0.180. The van der Waals surface area contributed by atoms with Crippen molar-refractivity contribution in [2.24, 2.45) is 0 Å². The largest absolute Gasteiger partial charge is 0.396 e. The molecule has 2 N–H and O–H groups in total. The maximum absolute atomic E-state index is 9.12. The summed E-state index contributed by atoms with van der Waals surface area (Å²) in [5.74, 6) is 0. The number of nitrogens with one attached hydrogen (secondary N) is 1. The molecule has 0 radical (unpaired) electrons. The molecule has 1 rings (SSSR count). The predicted octanol–water partition coefficient (Wildman–Crippen LogP) is 2.12. The van der Waals surface area contributed by atoms with Gasteiger partial charge in [-0.1, -0.05) is 30.3 Å². The highest BCUT2D eigenvalue weighted by Gasteiger charge is 2.13. The molecule has 0 aliphatic carbocycles. The van der Waals surface area contributed by atoms with Crippen LogP contribution in [0.2, 0.25) is 0 Å². The Labute approximate surface area is 104 Å². The Kier molecular flexibility index (Phi) is 6.86. The monoisotopic (exact) mass is 237 g/mol. The van der Waals surface area contributed by atoms with E-state index >= 15 is 0 Å². The first-order chi connectivity index (χ1) is 8.27. The Balaban J connectivity index is 2.54. The van der Waals surface area contributed by atoms with Crippen molar-refractivity contribution < 1.29 is 9.84 Å². The molecular formula is C14H23NO2. The van der Waals surface area contributed by atoms with Gasteiger partial charge in [0.05, 0.1) is 0 Å². The lowest BCUT2D eigenvalue weighted by Gasteiger charge is -2.23. The molecule has 0 amide bonds. The van der Waals surface area contributed by atoms with Crippen molar-refractivity contribution in [3.8, 4) is 0 Å². The Morgan fingerprint density at radius 2 is 1.94 bits per heavy atom. The van der Waals surface area contributed by atoms with Gasteiger partial charge in [0.15, 0.2) is 0 Å². The van der Waals surface area contributed by atoms with E-state index in [9.17, 15) is 0 Å². The first kappa shape index (κ1) is 14.2. The van der Waals surface area contributed by atoms with Crippen molar-refractivity contribution in [1.82, 2.24) is 5.32 Å². The number of aliphatic hydroxyl groups excluding tert-OH is 1. The molecule has 0 heterocycles. The standard InChI is InChI=1S/C14H23NO2/c1-12(9-11-17-2)15-14(8-10-16)13-6-4-3-5-7-13/h3-7,12,14-16H,8-11H2,1-2H3/t12?,14-/m1/s1. The summed E-state index contributed by atoms with van der Waals surface area (Å²) in [5.41, 5.74) is 1.23. The van der Waals surface area contributed by atoms with Crippen molar-refractivity contribution in [3.63, 3.8) is 0 Å². The van der Waals surface area contributed by atoms with Crippen LogP contribution in [0.4, 0.5) is 0 Å². The zero-order chi connectivity index (χ0) is 12.5. The molecule has 1 aromatic carbocycles. The van der Waals surface area contributed by atoms with Crippen LogP contribution >= 0.6 is 0 Å². The van der Waals surface area contributed by atoms with Gasteiger partial charge >= 0.3 is 0 Å². The number of aliphatic hydroxyl groups is 1. The van der Waals surface area contributed by atoms with Crippen LogP contribution in [0.5, 0.6) is 0 Å². The summed E-state index contributed by atoms with van der Waals surface area (Å²) < 4.78 is 5.07. The Bertz CT molecular complexity index is 290. The third kappa shape index (κ3) is 5.31. The molecule has 0 aliphatic heterocycles. The minimum absolute atomic E-state index is 0.198. The lowest BCUT2D eigenvalue weighted by Crippen LogP contribution is -2.32. The summed E-state index contributed by atoms with van der Waals surface area (Å²) in [6.07, 6.45) is 1.71. The summed E-state index contributed by atoms with van der Waals surface area (Å²) in [6.45, 7) is 3.10. The van der Waals surface area contributed by atoms with Crippen LogP contribution in [0.15, 0.2) is 30.3 Å². The zero-order valence-corrected chi connectivity index (χ0v) is 10.7. The topological polar surface area (TPSA) is 41.5 Å². The van der Waals surface area contributed by atoms with Crippen molar-refractivity contribution >= 4 is 0 Å².